The van der Waals surface area contributed by atoms with Gasteiger partial charge >= 0.3 is 43.7 Å². The van der Waals surface area contributed by atoms with Gasteiger partial charge in [-0.2, -0.15) is 0 Å². The molecule has 2 nitrogen and oxygen atoms in total. The number of rotatable bonds is 2. The molecule has 0 unspecified atom stereocenters. The van der Waals surface area contributed by atoms with Gasteiger partial charge in [-0.15, -0.1) is 0 Å². The molecule has 1 fully saturated rings. The Kier molecular flexibility index (Phi) is 7.20. The van der Waals surface area contributed by atoms with Gasteiger partial charge in [0.2, 0.25) is 0 Å². The SMILES string of the molecule is C=CC(=O)OC1CCCCC1.[CaH2]. The number of hydrogen-bond donors (Lipinski definition) is 0. The minimum atomic E-state index is -0.281. The van der Waals surface area contributed by atoms with E-state index in [1.54, 1.807) is 0 Å². The molecule has 12 heavy (non-hydrogen) atoms. The fraction of sp³-hybridized carbons (Fsp3) is 0.667. The summed E-state index contributed by atoms with van der Waals surface area (Å²) in [6.45, 7) is 3.35. The first-order chi connectivity index (χ1) is 5.33. The van der Waals surface area contributed by atoms with Gasteiger partial charge < -0.3 is 4.74 Å². The van der Waals surface area contributed by atoms with Crippen LogP contribution in [0.25, 0.3) is 0 Å². The molecule has 1 aliphatic rings. The van der Waals surface area contributed by atoms with Crippen LogP contribution >= 0.6 is 0 Å². The molecular weight excluding hydrogens is 180 g/mol. The summed E-state index contributed by atoms with van der Waals surface area (Å²) in [5.74, 6) is -0.281. The summed E-state index contributed by atoms with van der Waals surface area (Å²) >= 11 is 0. The first-order valence-corrected chi connectivity index (χ1v) is 4.16. The van der Waals surface area contributed by atoms with E-state index in [0.29, 0.717) is 0 Å². The standard InChI is InChI=1S/C9H14O2.Ca.2H/c1-2-9(10)11-8-6-4-3-5-7-8;;;/h2,8H,1,3-7H2;;;. The van der Waals surface area contributed by atoms with E-state index in [0.717, 1.165) is 12.8 Å². The fourth-order valence-electron chi connectivity index (χ4n) is 1.40. The molecule has 0 aromatic rings. The normalized spacial score (nSPS) is 17.7. The molecule has 0 bridgehead atoms. The van der Waals surface area contributed by atoms with Crippen molar-refractivity contribution < 1.29 is 9.53 Å². The van der Waals surface area contributed by atoms with Crippen LogP contribution in [-0.4, -0.2) is 49.8 Å². The van der Waals surface area contributed by atoms with Crippen molar-refractivity contribution in [2.75, 3.05) is 0 Å². The first kappa shape index (κ1) is 12.5. The van der Waals surface area contributed by atoms with Gasteiger partial charge in [0, 0.05) is 6.08 Å². The predicted octanol–water partition coefficient (Wildman–Crippen LogP) is 1.13. The molecule has 0 spiro atoms. The summed E-state index contributed by atoms with van der Waals surface area (Å²) in [6, 6.07) is 0. The average Bonchev–Trinajstić information content (AvgIpc) is 2.06. The molecule has 0 aliphatic heterocycles. The predicted molar refractivity (Wildman–Crippen MR) is 51.7 cm³/mol. The van der Waals surface area contributed by atoms with Gasteiger partial charge in [0.05, 0.1) is 0 Å². The summed E-state index contributed by atoms with van der Waals surface area (Å²) in [5.41, 5.74) is 0. The number of hydrogen-bond acceptors (Lipinski definition) is 2. The van der Waals surface area contributed by atoms with E-state index >= 15 is 0 Å². The van der Waals surface area contributed by atoms with Crippen LogP contribution in [-0.2, 0) is 9.53 Å². The summed E-state index contributed by atoms with van der Waals surface area (Å²) in [5, 5.41) is 0. The molecule has 0 saturated heterocycles. The van der Waals surface area contributed by atoms with E-state index in [9.17, 15) is 4.79 Å². The minimum absolute atomic E-state index is 0. The van der Waals surface area contributed by atoms with Crippen LogP contribution in [0.1, 0.15) is 32.1 Å². The molecule has 0 aromatic heterocycles. The van der Waals surface area contributed by atoms with Gasteiger partial charge in [-0.1, -0.05) is 13.0 Å². The maximum absolute atomic E-state index is 10.7. The second-order valence-electron chi connectivity index (χ2n) is 2.90. The third kappa shape index (κ3) is 4.48. The Balaban J connectivity index is 0.00000121. The molecule has 0 radical (unpaired) electrons. The van der Waals surface area contributed by atoms with E-state index in [4.69, 9.17) is 4.74 Å². The van der Waals surface area contributed by atoms with Crippen LogP contribution < -0.4 is 0 Å². The quantitative estimate of drug-likeness (QED) is 0.376. The zero-order chi connectivity index (χ0) is 8.10. The second-order valence-corrected chi connectivity index (χ2v) is 2.90. The summed E-state index contributed by atoms with van der Waals surface area (Å²) in [7, 11) is 0. The average molecular weight is 196 g/mol. The zero-order valence-electron chi connectivity index (χ0n) is 6.71. The molecule has 1 aliphatic carbocycles. The molecular formula is C9H16CaO2. The van der Waals surface area contributed by atoms with Crippen molar-refractivity contribution in [2.24, 2.45) is 0 Å². The molecule has 0 N–H and O–H groups in total. The van der Waals surface area contributed by atoms with Crippen molar-refractivity contribution in [3.8, 4) is 0 Å². The second kappa shape index (κ2) is 6.93. The van der Waals surface area contributed by atoms with E-state index in [1.165, 1.54) is 25.3 Å². The monoisotopic (exact) mass is 196 g/mol. The van der Waals surface area contributed by atoms with Crippen molar-refractivity contribution in [2.45, 2.75) is 38.2 Å². The van der Waals surface area contributed by atoms with Crippen molar-refractivity contribution in [3.63, 3.8) is 0 Å². The van der Waals surface area contributed by atoms with Crippen LogP contribution in [0.15, 0.2) is 12.7 Å². The summed E-state index contributed by atoms with van der Waals surface area (Å²) in [6.07, 6.45) is 7.11. The van der Waals surface area contributed by atoms with Crippen molar-refractivity contribution >= 4 is 43.7 Å². The van der Waals surface area contributed by atoms with Crippen LogP contribution in [0, 0.1) is 0 Å². The van der Waals surface area contributed by atoms with Gasteiger partial charge in [-0.25, -0.2) is 4.79 Å². The zero-order valence-corrected chi connectivity index (χ0v) is 6.71. The number of ether oxygens (including phenoxy) is 1. The Bertz CT molecular complexity index is 151. The number of esters is 1. The summed E-state index contributed by atoms with van der Waals surface area (Å²) < 4.78 is 5.08. The number of carbonyl (C=O) groups is 1. The topological polar surface area (TPSA) is 26.3 Å². The van der Waals surface area contributed by atoms with Gasteiger partial charge in [-0.3, -0.25) is 0 Å². The Morgan fingerprint density at radius 1 is 1.33 bits per heavy atom. The Morgan fingerprint density at radius 3 is 2.42 bits per heavy atom. The Morgan fingerprint density at radius 2 is 1.92 bits per heavy atom. The van der Waals surface area contributed by atoms with Crippen LogP contribution in [0.5, 0.6) is 0 Å². The van der Waals surface area contributed by atoms with E-state index in [1.807, 2.05) is 0 Å². The third-order valence-electron chi connectivity index (χ3n) is 2.00. The maximum atomic E-state index is 10.7. The molecule has 0 amide bonds. The van der Waals surface area contributed by atoms with E-state index in [2.05, 4.69) is 6.58 Å². The Labute approximate surface area is 103 Å². The van der Waals surface area contributed by atoms with Crippen molar-refractivity contribution in [3.05, 3.63) is 12.7 Å². The van der Waals surface area contributed by atoms with Crippen LogP contribution in [0.4, 0.5) is 0 Å². The molecule has 1 saturated carbocycles. The van der Waals surface area contributed by atoms with Gasteiger partial charge in [0.15, 0.2) is 0 Å². The molecule has 66 valence electrons. The first-order valence-electron chi connectivity index (χ1n) is 4.16. The van der Waals surface area contributed by atoms with Crippen LogP contribution in [0.3, 0.4) is 0 Å². The summed E-state index contributed by atoms with van der Waals surface area (Å²) in [4.78, 5) is 10.7. The van der Waals surface area contributed by atoms with E-state index < -0.39 is 0 Å². The number of carbonyl (C=O) groups excluding carboxylic acids is 1. The van der Waals surface area contributed by atoms with Crippen LogP contribution in [0.2, 0.25) is 0 Å². The van der Waals surface area contributed by atoms with Crippen molar-refractivity contribution in [1.29, 1.82) is 0 Å². The molecule has 0 heterocycles. The third-order valence-corrected chi connectivity index (χ3v) is 2.00. The molecule has 0 aromatic carbocycles. The van der Waals surface area contributed by atoms with Gasteiger partial charge in [0.25, 0.3) is 0 Å². The Hall–Kier alpha value is 0.470. The molecule has 1 rings (SSSR count). The fourth-order valence-corrected chi connectivity index (χ4v) is 1.40. The van der Waals surface area contributed by atoms with E-state index in [-0.39, 0.29) is 49.8 Å². The van der Waals surface area contributed by atoms with Gasteiger partial charge in [0.1, 0.15) is 6.10 Å². The molecule has 0 atom stereocenters. The van der Waals surface area contributed by atoms with Crippen molar-refractivity contribution in [1.82, 2.24) is 0 Å². The van der Waals surface area contributed by atoms with Gasteiger partial charge in [-0.05, 0) is 25.7 Å². The molecule has 3 heteroatoms.